The fraction of sp³-hybridized carbons (Fsp3) is 0.385. The second-order valence-corrected chi connectivity index (χ2v) is 5.51. The average Bonchev–Trinajstić information content (AvgIpc) is 2.42. The molecular weight excluding hydrogens is 355 g/mol. The first-order chi connectivity index (χ1) is 9.20. The van der Waals surface area contributed by atoms with Crippen molar-refractivity contribution in [3.63, 3.8) is 0 Å². The minimum atomic E-state index is -0.227. The largest absolute Gasteiger partial charge is 0.324 e. The number of nitriles is 1. The Morgan fingerprint density at radius 1 is 1.58 bits per heavy atom. The lowest BCUT2D eigenvalue weighted by atomic mass is 10.2. The molecular formula is C13H15IN4O. The Labute approximate surface area is 126 Å². The summed E-state index contributed by atoms with van der Waals surface area (Å²) in [6.07, 6.45) is 0. The standard InChI is InChI=1S/C13H15IN4O/c14-11-3-1-2-4-12(11)17-13(19)9-18-6-5-16-8-10(18)7-15/h1-4,10,16H,5-6,8-9H2,(H,17,19). The van der Waals surface area contributed by atoms with Crippen molar-refractivity contribution in [1.29, 1.82) is 5.26 Å². The van der Waals surface area contributed by atoms with Crippen LogP contribution in [-0.4, -0.2) is 43.0 Å². The number of benzene rings is 1. The molecule has 1 aromatic rings. The zero-order valence-corrected chi connectivity index (χ0v) is 12.6. The van der Waals surface area contributed by atoms with E-state index in [0.29, 0.717) is 6.54 Å². The third-order valence-corrected chi connectivity index (χ3v) is 3.94. The molecule has 0 bridgehead atoms. The number of rotatable bonds is 3. The van der Waals surface area contributed by atoms with E-state index in [1.165, 1.54) is 0 Å². The predicted octanol–water partition coefficient (Wildman–Crippen LogP) is 1.03. The number of amides is 1. The molecule has 19 heavy (non-hydrogen) atoms. The van der Waals surface area contributed by atoms with Crippen LogP contribution in [0.15, 0.2) is 24.3 Å². The minimum absolute atomic E-state index is 0.0775. The predicted molar refractivity (Wildman–Crippen MR) is 81.6 cm³/mol. The highest BCUT2D eigenvalue weighted by molar-refractivity contribution is 14.1. The maximum atomic E-state index is 12.0. The minimum Gasteiger partial charge on any atom is -0.324 e. The second-order valence-electron chi connectivity index (χ2n) is 4.35. The third kappa shape index (κ3) is 3.89. The van der Waals surface area contributed by atoms with Gasteiger partial charge in [0.2, 0.25) is 5.91 Å². The van der Waals surface area contributed by atoms with Crippen molar-refractivity contribution < 1.29 is 4.79 Å². The van der Waals surface area contributed by atoms with E-state index >= 15 is 0 Å². The van der Waals surface area contributed by atoms with Crippen molar-refractivity contribution in [2.24, 2.45) is 0 Å². The van der Waals surface area contributed by atoms with Crippen LogP contribution in [0.1, 0.15) is 0 Å². The summed E-state index contributed by atoms with van der Waals surface area (Å²) in [5.74, 6) is -0.0775. The summed E-state index contributed by atoms with van der Waals surface area (Å²) in [6, 6.07) is 9.63. The van der Waals surface area contributed by atoms with Crippen LogP contribution in [0.25, 0.3) is 0 Å². The molecule has 1 saturated heterocycles. The van der Waals surface area contributed by atoms with Crippen LogP contribution in [0.4, 0.5) is 5.69 Å². The summed E-state index contributed by atoms with van der Waals surface area (Å²) in [5.41, 5.74) is 0.816. The summed E-state index contributed by atoms with van der Waals surface area (Å²) in [7, 11) is 0. The molecule has 1 unspecified atom stereocenters. The van der Waals surface area contributed by atoms with Gasteiger partial charge in [0.15, 0.2) is 0 Å². The summed E-state index contributed by atoms with van der Waals surface area (Å²) in [6.45, 7) is 2.41. The molecule has 100 valence electrons. The van der Waals surface area contributed by atoms with Gasteiger partial charge >= 0.3 is 0 Å². The topological polar surface area (TPSA) is 68.2 Å². The Bertz CT molecular complexity index is 500. The Morgan fingerprint density at radius 3 is 3.11 bits per heavy atom. The molecule has 1 aliphatic heterocycles. The first kappa shape index (κ1) is 14.2. The van der Waals surface area contributed by atoms with Gasteiger partial charge < -0.3 is 10.6 Å². The van der Waals surface area contributed by atoms with Crippen LogP contribution in [0.5, 0.6) is 0 Å². The summed E-state index contributed by atoms with van der Waals surface area (Å²) < 4.78 is 1.01. The zero-order valence-electron chi connectivity index (χ0n) is 10.4. The highest BCUT2D eigenvalue weighted by Crippen LogP contribution is 2.16. The molecule has 6 heteroatoms. The molecule has 0 aliphatic carbocycles. The fourth-order valence-corrected chi connectivity index (χ4v) is 2.52. The van der Waals surface area contributed by atoms with E-state index < -0.39 is 0 Å². The monoisotopic (exact) mass is 370 g/mol. The number of nitrogens with zero attached hydrogens (tertiary/aromatic N) is 2. The normalized spacial score (nSPS) is 19.7. The smallest absolute Gasteiger partial charge is 0.238 e. The van der Waals surface area contributed by atoms with Crippen LogP contribution in [0.2, 0.25) is 0 Å². The van der Waals surface area contributed by atoms with Crippen molar-refractivity contribution >= 4 is 34.2 Å². The van der Waals surface area contributed by atoms with E-state index in [1.54, 1.807) is 0 Å². The van der Waals surface area contributed by atoms with Gasteiger partial charge in [-0.25, -0.2) is 0 Å². The van der Waals surface area contributed by atoms with E-state index in [9.17, 15) is 4.79 Å². The van der Waals surface area contributed by atoms with Gasteiger partial charge in [0.1, 0.15) is 6.04 Å². The Hall–Kier alpha value is -1.17. The number of carbonyl (C=O) groups is 1. The van der Waals surface area contributed by atoms with Crippen molar-refractivity contribution in [1.82, 2.24) is 10.2 Å². The lowest BCUT2D eigenvalue weighted by Gasteiger charge is -2.31. The maximum Gasteiger partial charge on any atom is 0.238 e. The highest BCUT2D eigenvalue weighted by atomic mass is 127. The molecule has 1 atom stereocenters. The number of carbonyl (C=O) groups excluding carboxylic acids is 1. The van der Waals surface area contributed by atoms with Gasteiger partial charge in [0, 0.05) is 23.2 Å². The first-order valence-electron chi connectivity index (χ1n) is 6.09. The van der Waals surface area contributed by atoms with Crippen LogP contribution >= 0.6 is 22.6 Å². The van der Waals surface area contributed by atoms with E-state index in [4.69, 9.17) is 5.26 Å². The van der Waals surface area contributed by atoms with Crippen molar-refractivity contribution in [3.05, 3.63) is 27.8 Å². The Morgan fingerprint density at radius 2 is 2.37 bits per heavy atom. The van der Waals surface area contributed by atoms with Crippen LogP contribution in [0.3, 0.4) is 0 Å². The third-order valence-electron chi connectivity index (χ3n) is 3.00. The van der Waals surface area contributed by atoms with Gasteiger partial charge in [-0.3, -0.25) is 9.69 Å². The van der Waals surface area contributed by atoms with E-state index in [1.807, 2.05) is 29.2 Å². The average molecular weight is 370 g/mol. The summed E-state index contributed by atoms with van der Waals surface area (Å²) in [4.78, 5) is 13.9. The van der Waals surface area contributed by atoms with E-state index in [2.05, 4.69) is 39.3 Å². The molecule has 1 aromatic carbocycles. The molecule has 0 spiro atoms. The van der Waals surface area contributed by atoms with Gasteiger partial charge in [-0.2, -0.15) is 5.26 Å². The van der Waals surface area contributed by atoms with Gasteiger partial charge in [0.05, 0.1) is 18.3 Å². The molecule has 2 N–H and O–H groups in total. The number of halogens is 1. The lowest BCUT2D eigenvalue weighted by molar-refractivity contribution is -0.117. The van der Waals surface area contributed by atoms with Crippen LogP contribution in [0, 0.1) is 14.9 Å². The summed E-state index contributed by atoms with van der Waals surface area (Å²) in [5, 5.41) is 15.1. The molecule has 0 aromatic heterocycles. The molecule has 0 radical (unpaired) electrons. The molecule has 1 amide bonds. The molecule has 1 fully saturated rings. The van der Waals surface area contributed by atoms with Crippen molar-refractivity contribution in [2.45, 2.75) is 6.04 Å². The fourth-order valence-electron chi connectivity index (χ4n) is 2.00. The van der Waals surface area contributed by atoms with Gasteiger partial charge in [0.25, 0.3) is 0 Å². The maximum absolute atomic E-state index is 12.0. The molecule has 1 heterocycles. The van der Waals surface area contributed by atoms with Gasteiger partial charge in [-0.15, -0.1) is 0 Å². The quantitative estimate of drug-likeness (QED) is 0.780. The number of hydrogen-bond donors (Lipinski definition) is 2. The zero-order chi connectivity index (χ0) is 13.7. The van der Waals surface area contributed by atoms with E-state index in [-0.39, 0.29) is 18.5 Å². The first-order valence-corrected chi connectivity index (χ1v) is 7.17. The van der Waals surface area contributed by atoms with Crippen molar-refractivity contribution in [3.8, 4) is 6.07 Å². The Balaban J connectivity index is 1.94. The Kier molecular flexibility index (Phi) is 5.13. The molecule has 0 saturated carbocycles. The lowest BCUT2D eigenvalue weighted by Crippen LogP contribution is -2.52. The number of nitrogens with one attached hydrogen (secondary N) is 2. The van der Waals surface area contributed by atoms with Gasteiger partial charge in [-0.1, -0.05) is 12.1 Å². The van der Waals surface area contributed by atoms with Crippen LogP contribution < -0.4 is 10.6 Å². The van der Waals surface area contributed by atoms with Crippen LogP contribution in [-0.2, 0) is 4.79 Å². The van der Waals surface area contributed by atoms with Crippen molar-refractivity contribution in [2.75, 3.05) is 31.5 Å². The molecule has 2 rings (SSSR count). The van der Waals surface area contributed by atoms with E-state index in [0.717, 1.165) is 22.3 Å². The molecule has 1 aliphatic rings. The summed E-state index contributed by atoms with van der Waals surface area (Å²) >= 11 is 2.19. The molecule has 5 nitrogen and oxygen atoms in total. The number of piperazine rings is 1. The van der Waals surface area contributed by atoms with Gasteiger partial charge in [-0.05, 0) is 34.7 Å². The number of para-hydroxylation sites is 1. The second kappa shape index (κ2) is 6.84. The SMILES string of the molecule is N#CC1CNCCN1CC(=O)Nc1ccccc1I. The highest BCUT2D eigenvalue weighted by Gasteiger charge is 2.23. The number of anilines is 1. The number of hydrogen-bond acceptors (Lipinski definition) is 4.